The average molecular weight is 292 g/mol. The van der Waals surface area contributed by atoms with E-state index in [1.807, 2.05) is 4.90 Å². The first-order valence-corrected chi connectivity index (χ1v) is 6.83. The van der Waals surface area contributed by atoms with Crippen LogP contribution in [0.3, 0.4) is 0 Å². The number of nitrogens with zero attached hydrogens (tertiary/aromatic N) is 4. The maximum atomic E-state index is 12.9. The molecular formula is C14H17FN4O2. The van der Waals surface area contributed by atoms with E-state index in [-0.39, 0.29) is 11.5 Å². The summed E-state index contributed by atoms with van der Waals surface area (Å²) in [5.41, 5.74) is 0.573. The van der Waals surface area contributed by atoms with Crippen molar-refractivity contribution in [3.05, 3.63) is 52.0 Å². The third-order valence-corrected chi connectivity index (χ3v) is 3.78. The van der Waals surface area contributed by atoms with Crippen molar-refractivity contribution in [1.29, 1.82) is 0 Å². The predicted octanol–water partition coefficient (Wildman–Crippen LogP) is 0.270. The van der Waals surface area contributed by atoms with Crippen molar-refractivity contribution < 1.29 is 9.50 Å². The lowest BCUT2D eigenvalue weighted by Crippen LogP contribution is -2.39. The highest BCUT2D eigenvalue weighted by Crippen LogP contribution is 2.17. The van der Waals surface area contributed by atoms with Gasteiger partial charge in [0.05, 0.1) is 12.6 Å². The monoisotopic (exact) mass is 292 g/mol. The highest BCUT2D eigenvalue weighted by atomic mass is 19.1. The molecule has 2 heterocycles. The molecule has 3 rings (SSSR count). The quantitative estimate of drug-likeness (QED) is 0.882. The Balaban J connectivity index is 1.69. The van der Waals surface area contributed by atoms with Crippen molar-refractivity contribution in [2.24, 2.45) is 7.05 Å². The lowest BCUT2D eigenvalue weighted by atomic mass is 10.1. The van der Waals surface area contributed by atoms with E-state index >= 15 is 0 Å². The second-order valence-electron chi connectivity index (χ2n) is 5.28. The number of aliphatic hydroxyl groups excluding tert-OH is 1. The maximum Gasteiger partial charge on any atom is 0.345 e. The van der Waals surface area contributed by atoms with Crippen LogP contribution < -0.4 is 5.69 Å². The number of hydrogen-bond acceptors (Lipinski definition) is 4. The molecular weight excluding hydrogens is 275 g/mol. The Morgan fingerprint density at radius 2 is 2.05 bits per heavy atom. The number of hydrogen-bond donors (Lipinski definition) is 1. The first-order chi connectivity index (χ1) is 10.0. The highest BCUT2D eigenvalue weighted by molar-refractivity contribution is 5.18. The van der Waals surface area contributed by atoms with Crippen LogP contribution >= 0.6 is 0 Å². The Morgan fingerprint density at radius 3 is 2.76 bits per heavy atom. The smallest absolute Gasteiger partial charge is 0.345 e. The topological polar surface area (TPSA) is 63.3 Å². The highest BCUT2D eigenvalue weighted by Gasteiger charge is 2.22. The number of aliphatic hydroxyl groups is 1. The van der Waals surface area contributed by atoms with Crippen molar-refractivity contribution >= 4 is 0 Å². The van der Waals surface area contributed by atoms with E-state index in [9.17, 15) is 14.3 Å². The first-order valence-electron chi connectivity index (χ1n) is 6.83. The van der Waals surface area contributed by atoms with Gasteiger partial charge >= 0.3 is 5.69 Å². The largest absolute Gasteiger partial charge is 0.387 e. The molecule has 0 radical (unpaired) electrons. The summed E-state index contributed by atoms with van der Waals surface area (Å²) in [7, 11) is 1.63. The fourth-order valence-corrected chi connectivity index (χ4v) is 2.61. The molecule has 1 N–H and O–H groups in total. The SMILES string of the molecule is Cn1nc2n(c1=O)CCN(CC(O)c1ccc(F)cc1)C2. The first kappa shape index (κ1) is 14.0. The van der Waals surface area contributed by atoms with Crippen LogP contribution in [0, 0.1) is 5.82 Å². The fraction of sp³-hybridized carbons (Fsp3) is 0.429. The number of aromatic nitrogens is 3. The van der Waals surface area contributed by atoms with Crippen LogP contribution in [0.15, 0.2) is 29.1 Å². The van der Waals surface area contributed by atoms with Gasteiger partial charge in [0.25, 0.3) is 0 Å². The summed E-state index contributed by atoms with van der Waals surface area (Å²) >= 11 is 0. The van der Waals surface area contributed by atoms with Gasteiger partial charge < -0.3 is 5.11 Å². The summed E-state index contributed by atoms with van der Waals surface area (Å²) in [5.74, 6) is 0.390. The number of fused-ring (bicyclic) bond motifs is 1. The van der Waals surface area contributed by atoms with E-state index in [1.165, 1.54) is 16.8 Å². The van der Waals surface area contributed by atoms with Gasteiger partial charge in [0.2, 0.25) is 0 Å². The van der Waals surface area contributed by atoms with E-state index in [0.717, 1.165) is 0 Å². The zero-order chi connectivity index (χ0) is 15.0. The Morgan fingerprint density at radius 1 is 1.33 bits per heavy atom. The summed E-state index contributed by atoms with van der Waals surface area (Å²) in [5, 5.41) is 14.4. The number of halogens is 1. The van der Waals surface area contributed by atoms with E-state index in [4.69, 9.17) is 0 Å². The molecule has 0 bridgehead atoms. The number of β-amino-alcohol motifs (C(OH)–C–C–N with tert-alkyl or cyclic N) is 1. The van der Waals surface area contributed by atoms with E-state index in [2.05, 4.69) is 5.10 Å². The molecule has 0 saturated heterocycles. The van der Waals surface area contributed by atoms with Gasteiger partial charge in [-0.2, -0.15) is 5.10 Å². The minimum absolute atomic E-state index is 0.108. The Labute approximate surface area is 121 Å². The second kappa shape index (κ2) is 5.42. The van der Waals surface area contributed by atoms with Crippen LogP contribution in [-0.4, -0.2) is 37.4 Å². The van der Waals surface area contributed by atoms with Crippen LogP contribution in [0.5, 0.6) is 0 Å². The average Bonchev–Trinajstić information content (AvgIpc) is 2.74. The normalized spacial score (nSPS) is 16.7. The molecule has 6 nitrogen and oxygen atoms in total. The van der Waals surface area contributed by atoms with Crippen molar-refractivity contribution in [3.8, 4) is 0 Å². The van der Waals surface area contributed by atoms with Crippen LogP contribution in [-0.2, 0) is 20.1 Å². The molecule has 2 aromatic rings. The van der Waals surface area contributed by atoms with Gasteiger partial charge in [-0.05, 0) is 17.7 Å². The van der Waals surface area contributed by atoms with E-state index < -0.39 is 6.10 Å². The van der Waals surface area contributed by atoms with Gasteiger partial charge in [0, 0.05) is 26.7 Å². The van der Waals surface area contributed by atoms with Gasteiger partial charge in [0.15, 0.2) is 0 Å². The van der Waals surface area contributed by atoms with Gasteiger partial charge in [-0.15, -0.1) is 0 Å². The molecule has 1 aromatic carbocycles. The lowest BCUT2D eigenvalue weighted by Gasteiger charge is -2.28. The molecule has 0 amide bonds. The van der Waals surface area contributed by atoms with Gasteiger partial charge in [-0.3, -0.25) is 9.47 Å². The van der Waals surface area contributed by atoms with Crippen molar-refractivity contribution in [2.45, 2.75) is 19.2 Å². The molecule has 1 aromatic heterocycles. The molecule has 1 atom stereocenters. The minimum atomic E-state index is -0.687. The molecule has 0 saturated carbocycles. The summed E-state index contributed by atoms with van der Waals surface area (Å²) in [4.78, 5) is 13.8. The summed E-state index contributed by atoms with van der Waals surface area (Å²) in [6, 6.07) is 5.84. The molecule has 1 aliphatic heterocycles. The van der Waals surface area contributed by atoms with Crippen LogP contribution in [0.2, 0.25) is 0 Å². The van der Waals surface area contributed by atoms with Crippen LogP contribution in [0.25, 0.3) is 0 Å². The van der Waals surface area contributed by atoms with Gasteiger partial charge in [0.1, 0.15) is 11.6 Å². The number of aryl methyl sites for hydroxylation is 1. The predicted molar refractivity (Wildman–Crippen MR) is 74.1 cm³/mol. The van der Waals surface area contributed by atoms with Crippen molar-refractivity contribution in [2.75, 3.05) is 13.1 Å². The molecule has 0 spiro atoms. The molecule has 0 fully saturated rings. The molecule has 112 valence electrons. The standard InChI is InChI=1S/C14H17FN4O2/c1-17-14(21)19-7-6-18(9-13(19)16-17)8-12(20)10-2-4-11(15)5-3-10/h2-5,12,20H,6-9H2,1H3. The van der Waals surface area contributed by atoms with Crippen molar-refractivity contribution in [1.82, 2.24) is 19.2 Å². The molecule has 21 heavy (non-hydrogen) atoms. The maximum absolute atomic E-state index is 12.9. The lowest BCUT2D eigenvalue weighted by molar-refractivity contribution is 0.0958. The Kier molecular flexibility index (Phi) is 3.60. The van der Waals surface area contributed by atoms with E-state index in [1.54, 1.807) is 23.7 Å². The summed E-state index contributed by atoms with van der Waals surface area (Å²) < 4.78 is 15.9. The third kappa shape index (κ3) is 2.74. The Bertz CT molecular complexity index is 692. The molecule has 7 heteroatoms. The van der Waals surface area contributed by atoms with Crippen molar-refractivity contribution in [3.63, 3.8) is 0 Å². The number of benzene rings is 1. The zero-order valence-corrected chi connectivity index (χ0v) is 11.7. The molecule has 1 aliphatic rings. The second-order valence-corrected chi connectivity index (χ2v) is 5.28. The summed E-state index contributed by atoms with van der Waals surface area (Å²) in [6.07, 6.45) is -0.687. The minimum Gasteiger partial charge on any atom is -0.387 e. The van der Waals surface area contributed by atoms with Gasteiger partial charge in [-0.25, -0.2) is 13.9 Å². The van der Waals surface area contributed by atoms with Crippen LogP contribution in [0.1, 0.15) is 17.5 Å². The summed E-state index contributed by atoms with van der Waals surface area (Å²) in [6.45, 7) is 2.19. The zero-order valence-electron chi connectivity index (χ0n) is 11.7. The third-order valence-electron chi connectivity index (χ3n) is 3.78. The van der Waals surface area contributed by atoms with Gasteiger partial charge in [-0.1, -0.05) is 12.1 Å². The fourth-order valence-electron chi connectivity index (χ4n) is 2.61. The van der Waals surface area contributed by atoms with E-state index in [0.29, 0.717) is 37.6 Å². The molecule has 0 aliphatic carbocycles. The Hall–Kier alpha value is -1.99. The van der Waals surface area contributed by atoms with Crippen LogP contribution in [0.4, 0.5) is 4.39 Å². The number of rotatable bonds is 3. The molecule has 1 unspecified atom stereocenters.